The van der Waals surface area contributed by atoms with Gasteiger partial charge in [0.15, 0.2) is 5.58 Å². The third-order valence-electron chi connectivity index (χ3n) is 3.30. The van der Waals surface area contributed by atoms with Crippen LogP contribution in [0.3, 0.4) is 0 Å². The fraction of sp³-hybridized carbons (Fsp3) is 0.0556. The number of hydrogen-bond donors (Lipinski definition) is 0. The molecule has 0 radical (unpaired) electrons. The van der Waals surface area contributed by atoms with Gasteiger partial charge in [-0.2, -0.15) is 0 Å². The van der Waals surface area contributed by atoms with Gasteiger partial charge in [0.2, 0.25) is 0 Å². The van der Waals surface area contributed by atoms with Crippen molar-refractivity contribution in [2.24, 2.45) is 0 Å². The van der Waals surface area contributed by atoms with E-state index in [1.807, 2.05) is 6.07 Å². The number of carbonyl (C=O) groups excluding carboxylic acids is 2. The summed E-state index contributed by atoms with van der Waals surface area (Å²) in [5.74, 6) is -1.80. The Morgan fingerprint density at radius 1 is 1.16 bits per heavy atom. The van der Waals surface area contributed by atoms with Crippen LogP contribution in [0.1, 0.15) is 15.9 Å². The van der Waals surface area contributed by atoms with Crippen molar-refractivity contribution in [3.05, 3.63) is 64.6 Å². The van der Waals surface area contributed by atoms with Crippen LogP contribution in [-0.4, -0.2) is 24.0 Å². The predicted molar refractivity (Wildman–Crippen MR) is 90.6 cm³/mol. The number of thioether (sulfide) groups is 1. The molecule has 3 rings (SSSR count). The quantitative estimate of drug-likeness (QED) is 0.395. The predicted octanol–water partition coefficient (Wildman–Crippen LogP) is 2.50. The average molecular weight is 354 g/mol. The van der Waals surface area contributed by atoms with Crippen LogP contribution in [0.25, 0.3) is 17.2 Å². The summed E-state index contributed by atoms with van der Waals surface area (Å²) >= 11 is 0.862. The van der Waals surface area contributed by atoms with E-state index in [4.69, 9.17) is 4.42 Å². The van der Waals surface area contributed by atoms with E-state index >= 15 is 0 Å². The maximum absolute atomic E-state index is 11.4. The molecule has 3 aromatic rings. The first-order chi connectivity index (χ1) is 12.1. The highest BCUT2D eigenvalue weighted by Crippen LogP contribution is 2.30. The lowest BCUT2D eigenvalue weighted by atomic mass is 10.1. The lowest BCUT2D eigenvalue weighted by Crippen LogP contribution is -2.23. The van der Waals surface area contributed by atoms with Crippen LogP contribution >= 0.6 is 11.8 Å². The Hall–Kier alpha value is -3.06. The number of hydrogen-bond acceptors (Lipinski definition) is 7. The molecule has 0 aliphatic rings. The number of methoxy groups -OCH3 is 1. The molecule has 0 amide bonds. The monoisotopic (exact) mass is 354 g/mol. The molecular weight excluding hydrogens is 342 g/mol. The lowest BCUT2D eigenvalue weighted by Gasteiger charge is -2.06. The summed E-state index contributed by atoms with van der Waals surface area (Å²) in [6.07, 6.45) is 1.43. The van der Waals surface area contributed by atoms with Gasteiger partial charge in [-0.05, 0) is 47.7 Å². The van der Waals surface area contributed by atoms with Crippen LogP contribution in [-0.2, 0) is 9.53 Å². The Labute approximate surface area is 147 Å². The molecule has 1 heterocycles. The number of carbonyl (C=O) groups is 2. The summed E-state index contributed by atoms with van der Waals surface area (Å²) in [6, 6.07) is 13.5. The van der Waals surface area contributed by atoms with Gasteiger partial charge < -0.3 is 19.1 Å². The van der Waals surface area contributed by atoms with E-state index in [1.54, 1.807) is 42.5 Å². The number of para-hydroxylation sites is 2. The van der Waals surface area contributed by atoms with Gasteiger partial charge in [-0.3, -0.25) is 0 Å². The Balaban J connectivity index is 1.86. The van der Waals surface area contributed by atoms with Gasteiger partial charge in [0, 0.05) is 4.91 Å². The number of esters is 1. The minimum absolute atomic E-state index is 0.0580. The average Bonchev–Trinajstić information content (AvgIpc) is 3.03. The van der Waals surface area contributed by atoms with Crippen molar-refractivity contribution in [3.63, 3.8) is 0 Å². The van der Waals surface area contributed by atoms with Crippen LogP contribution in [0.2, 0.25) is 0 Å². The fourth-order valence-corrected chi connectivity index (χ4v) is 2.85. The molecule has 0 N–H and O–H groups in total. The topological polar surface area (TPSA) is 92.5 Å². The van der Waals surface area contributed by atoms with Crippen molar-refractivity contribution in [2.45, 2.75) is 5.22 Å². The summed E-state index contributed by atoms with van der Waals surface area (Å²) in [4.78, 5) is 27.0. The molecule has 0 saturated carbocycles. The van der Waals surface area contributed by atoms with Crippen LogP contribution in [0, 0.1) is 0 Å². The summed E-state index contributed by atoms with van der Waals surface area (Å²) in [5, 5.41) is 11.6. The first-order valence-electron chi connectivity index (χ1n) is 7.21. The zero-order valence-corrected chi connectivity index (χ0v) is 13.9. The Kier molecular flexibility index (Phi) is 4.85. The molecule has 0 bridgehead atoms. The van der Waals surface area contributed by atoms with E-state index in [1.165, 1.54) is 13.2 Å². The number of nitrogens with zero attached hydrogens (tertiary/aromatic N) is 1. The number of carboxylic acids is 1. The Bertz CT molecular complexity index is 926. The summed E-state index contributed by atoms with van der Waals surface area (Å²) in [5.41, 5.74) is 2.19. The van der Waals surface area contributed by atoms with E-state index in [0.717, 1.165) is 11.8 Å². The van der Waals surface area contributed by atoms with Gasteiger partial charge in [0.05, 0.1) is 18.6 Å². The maximum Gasteiger partial charge on any atom is 0.337 e. The standard InChI is InChI=1S/C18H13NO5S/c1-23-17(22)12-8-6-11(7-9-12)10-15(16(20)21)25-18-19-13-4-2-3-5-14(13)24-18/h2-10H,1H3,(H,20,21)/p-1/b15-10+. The van der Waals surface area contributed by atoms with Crippen LogP contribution in [0.5, 0.6) is 0 Å². The fourth-order valence-electron chi connectivity index (χ4n) is 2.10. The highest BCUT2D eigenvalue weighted by molar-refractivity contribution is 8.03. The third kappa shape index (κ3) is 3.89. The van der Waals surface area contributed by atoms with E-state index in [0.29, 0.717) is 22.2 Å². The second kappa shape index (κ2) is 7.23. The summed E-state index contributed by atoms with van der Waals surface area (Å²) in [6.45, 7) is 0. The van der Waals surface area contributed by atoms with Crippen molar-refractivity contribution in [1.29, 1.82) is 0 Å². The molecule has 0 atom stereocenters. The minimum atomic E-state index is -1.34. The second-order valence-electron chi connectivity index (χ2n) is 4.96. The van der Waals surface area contributed by atoms with Crippen molar-refractivity contribution >= 4 is 40.9 Å². The Morgan fingerprint density at radius 3 is 2.52 bits per heavy atom. The zero-order chi connectivity index (χ0) is 17.8. The van der Waals surface area contributed by atoms with Gasteiger partial charge in [-0.25, -0.2) is 9.78 Å². The van der Waals surface area contributed by atoms with E-state index in [-0.39, 0.29) is 10.1 Å². The first-order valence-corrected chi connectivity index (χ1v) is 8.03. The number of aromatic nitrogens is 1. The van der Waals surface area contributed by atoms with E-state index in [2.05, 4.69) is 9.72 Å². The molecular formula is C18H12NO5S-. The Morgan fingerprint density at radius 2 is 1.88 bits per heavy atom. The van der Waals surface area contributed by atoms with Crippen molar-refractivity contribution in [3.8, 4) is 0 Å². The van der Waals surface area contributed by atoms with Gasteiger partial charge >= 0.3 is 5.97 Å². The second-order valence-corrected chi connectivity index (χ2v) is 5.95. The molecule has 2 aromatic carbocycles. The number of carboxylic acid groups (broad SMARTS) is 1. The number of ether oxygens (including phenoxy) is 1. The number of oxazole rings is 1. The summed E-state index contributed by atoms with van der Waals surface area (Å²) < 4.78 is 10.1. The highest BCUT2D eigenvalue weighted by Gasteiger charge is 2.10. The number of rotatable bonds is 5. The maximum atomic E-state index is 11.4. The third-order valence-corrected chi connectivity index (χ3v) is 4.16. The zero-order valence-electron chi connectivity index (χ0n) is 13.1. The molecule has 0 aliphatic carbocycles. The normalized spacial score (nSPS) is 11.5. The number of aliphatic carboxylic acids is 1. The molecule has 0 aliphatic heterocycles. The minimum Gasteiger partial charge on any atom is -0.544 e. The molecule has 0 unspecified atom stereocenters. The molecule has 6 nitrogen and oxygen atoms in total. The number of benzene rings is 2. The molecule has 25 heavy (non-hydrogen) atoms. The van der Waals surface area contributed by atoms with Crippen LogP contribution in [0.15, 0.2) is 63.1 Å². The van der Waals surface area contributed by atoms with Crippen LogP contribution < -0.4 is 5.11 Å². The smallest absolute Gasteiger partial charge is 0.337 e. The molecule has 7 heteroatoms. The lowest BCUT2D eigenvalue weighted by molar-refractivity contribution is -0.298. The van der Waals surface area contributed by atoms with Gasteiger partial charge in [0.25, 0.3) is 5.22 Å². The van der Waals surface area contributed by atoms with Gasteiger partial charge in [0.1, 0.15) is 5.52 Å². The molecule has 1 aromatic heterocycles. The summed E-state index contributed by atoms with van der Waals surface area (Å²) in [7, 11) is 1.29. The SMILES string of the molecule is COC(=O)c1ccc(/C=C(/Sc2nc3ccccc3o2)C(=O)[O-])cc1. The van der Waals surface area contributed by atoms with E-state index in [9.17, 15) is 14.7 Å². The molecule has 0 spiro atoms. The van der Waals surface area contributed by atoms with Crippen molar-refractivity contribution in [2.75, 3.05) is 7.11 Å². The van der Waals surface area contributed by atoms with Gasteiger partial charge in [-0.1, -0.05) is 24.3 Å². The van der Waals surface area contributed by atoms with Crippen molar-refractivity contribution < 1.29 is 23.8 Å². The highest BCUT2D eigenvalue weighted by atomic mass is 32.2. The molecule has 0 fully saturated rings. The molecule has 0 saturated heterocycles. The molecule has 126 valence electrons. The largest absolute Gasteiger partial charge is 0.544 e. The van der Waals surface area contributed by atoms with Gasteiger partial charge in [-0.15, -0.1) is 0 Å². The van der Waals surface area contributed by atoms with Crippen molar-refractivity contribution in [1.82, 2.24) is 4.98 Å². The van der Waals surface area contributed by atoms with Crippen LogP contribution in [0.4, 0.5) is 0 Å². The van der Waals surface area contributed by atoms with E-state index < -0.39 is 11.9 Å². The first kappa shape index (κ1) is 16.8. The number of fused-ring (bicyclic) bond motifs is 1.